The van der Waals surface area contributed by atoms with Crippen molar-refractivity contribution in [2.75, 3.05) is 25.1 Å². The van der Waals surface area contributed by atoms with E-state index in [-0.39, 0.29) is 17.9 Å². The molecule has 2 heterocycles. The van der Waals surface area contributed by atoms with Gasteiger partial charge in [-0.3, -0.25) is 9.78 Å². The zero-order chi connectivity index (χ0) is 18.0. The molecule has 7 heteroatoms. The first-order valence-electron chi connectivity index (χ1n) is 7.92. The number of nitrogens with zero attached hydrogens (tertiary/aromatic N) is 4. The number of carbonyl (C=O) groups excluding carboxylic acids is 1. The molecule has 3 N–H and O–H groups in total. The van der Waals surface area contributed by atoms with Crippen molar-refractivity contribution in [3.63, 3.8) is 0 Å². The van der Waals surface area contributed by atoms with Gasteiger partial charge in [0, 0.05) is 31.2 Å². The van der Waals surface area contributed by atoms with Crippen molar-refractivity contribution in [2.45, 2.75) is 13.0 Å². The molecule has 0 fully saturated rings. The highest BCUT2D eigenvalue weighted by Gasteiger charge is 2.14. The van der Waals surface area contributed by atoms with Crippen molar-refractivity contribution in [3.05, 3.63) is 53.9 Å². The number of rotatable bonds is 4. The molecule has 1 unspecified atom stereocenters. The van der Waals surface area contributed by atoms with E-state index in [4.69, 9.17) is 5.73 Å². The molecule has 0 radical (unpaired) electrons. The summed E-state index contributed by atoms with van der Waals surface area (Å²) in [5, 5.41) is 4.12. The molecule has 0 saturated carbocycles. The van der Waals surface area contributed by atoms with E-state index in [2.05, 4.69) is 20.3 Å². The van der Waals surface area contributed by atoms with E-state index in [9.17, 15) is 4.79 Å². The minimum absolute atomic E-state index is 0.0539. The van der Waals surface area contributed by atoms with Gasteiger partial charge < -0.3 is 16.0 Å². The van der Waals surface area contributed by atoms with Crippen molar-refractivity contribution in [1.82, 2.24) is 19.9 Å². The first kappa shape index (κ1) is 16.6. The average molecular weight is 336 g/mol. The number of fused-ring (bicyclic) bond motifs is 1. The fourth-order valence-corrected chi connectivity index (χ4v) is 2.56. The van der Waals surface area contributed by atoms with E-state index in [1.807, 2.05) is 31.2 Å². The summed E-state index contributed by atoms with van der Waals surface area (Å²) in [5.74, 6) is 0.678. The van der Waals surface area contributed by atoms with E-state index in [1.165, 1.54) is 4.90 Å². The molecule has 0 aliphatic carbocycles. The molecule has 0 bridgehead atoms. The molecular weight excluding hydrogens is 316 g/mol. The molecular formula is C18H20N6O. The summed E-state index contributed by atoms with van der Waals surface area (Å²) in [6.07, 6.45) is 1.75. The Balaban J connectivity index is 1.99. The molecule has 0 spiro atoms. The van der Waals surface area contributed by atoms with E-state index in [1.54, 1.807) is 32.4 Å². The molecule has 2 aromatic heterocycles. The molecule has 0 aliphatic heterocycles. The highest BCUT2D eigenvalue weighted by atomic mass is 16.2. The van der Waals surface area contributed by atoms with Gasteiger partial charge in [-0.25, -0.2) is 4.98 Å². The van der Waals surface area contributed by atoms with Crippen molar-refractivity contribution in [1.29, 1.82) is 0 Å². The average Bonchev–Trinajstić information content (AvgIpc) is 2.61. The number of hydrogen-bond donors (Lipinski definition) is 2. The zero-order valence-electron chi connectivity index (χ0n) is 14.4. The van der Waals surface area contributed by atoms with E-state index < -0.39 is 0 Å². The fraction of sp³-hybridized carbons (Fsp3) is 0.222. The lowest BCUT2D eigenvalue weighted by atomic mass is 10.1. The van der Waals surface area contributed by atoms with Crippen LogP contribution in [0.15, 0.2) is 42.6 Å². The number of amides is 1. The van der Waals surface area contributed by atoms with Gasteiger partial charge in [0.25, 0.3) is 5.91 Å². The summed E-state index contributed by atoms with van der Waals surface area (Å²) >= 11 is 0. The van der Waals surface area contributed by atoms with Gasteiger partial charge in [0.1, 0.15) is 5.82 Å². The maximum absolute atomic E-state index is 12.1. The molecule has 7 nitrogen and oxygen atoms in total. The van der Waals surface area contributed by atoms with Gasteiger partial charge in [0.05, 0.1) is 17.3 Å². The first-order chi connectivity index (χ1) is 12.0. The fourth-order valence-electron chi connectivity index (χ4n) is 2.56. The lowest BCUT2D eigenvalue weighted by molar-refractivity contribution is 0.0827. The number of pyridine rings is 1. The maximum atomic E-state index is 12.1. The van der Waals surface area contributed by atoms with Gasteiger partial charge >= 0.3 is 0 Å². The lowest BCUT2D eigenvalue weighted by Crippen LogP contribution is -2.21. The van der Waals surface area contributed by atoms with Crippen LogP contribution in [0.5, 0.6) is 0 Å². The number of hydrogen-bond acceptors (Lipinski definition) is 6. The summed E-state index contributed by atoms with van der Waals surface area (Å²) in [6, 6.07) is 11.0. The molecule has 128 valence electrons. The van der Waals surface area contributed by atoms with Gasteiger partial charge in [0.2, 0.25) is 5.95 Å². The topological polar surface area (TPSA) is 97.0 Å². The Hall–Kier alpha value is -3.22. The van der Waals surface area contributed by atoms with E-state index in [0.29, 0.717) is 16.9 Å². The second kappa shape index (κ2) is 6.72. The summed E-state index contributed by atoms with van der Waals surface area (Å²) in [6.45, 7) is 2.00. The van der Waals surface area contributed by atoms with Crippen molar-refractivity contribution < 1.29 is 4.79 Å². The number of nitrogens with one attached hydrogen (secondary N) is 1. The number of aromatic nitrogens is 3. The minimum Gasteiger partial charge on any atom is -0.368 e. The third kappa shape index (κ3) is 3.50. The number of anilines is 2. The molecule has 0 saturated heterocycles. The monoisotopic (exact) mass is 336 g/mol. The predicted octanol–water partition coefficient (Wildman–Crippen LogP) is 2.48. The van der Waals surface area contributed by atoms with Crippen LogP contribution in [0.2, 0.25) is 0 Å². The third-order valence-corrected chi connectivity index (χ3v) is 3.85. The Morgan fingerprint density at radius 3 is 2.68 bits per heavy atom. The van der Waals surface area contributed by atoms with Crippen LogP contribution in [0.3, 0.4) is 0 Å². The maximum Gasteiger partial charge on any atom is 0.253 e. The zero-order valence-corrected chi connectivity index (χ0v) is 14.4. The summed E-state index contributed by atoms with van der Waals surface area (Å²) in [4.78, 5) is 26.6. The van der Waals surface area contributed by atoms with Crippen LogP contribution in [0.4, 0.5) is 11.8 Å². The largest absolute Gasteiger partial charge is 0.368 e. The van der Waals surface area contributed by atoms with Crippen LogP contribution in [-0.2, 0) is 0 Å². The third-order valence-electron chi connectivity index (χ3n) is 3.85. The van der Waals surface area contributed by atoms with Gasteiger partial charge in [-0.15, -0.1) is 0 Å². The van der Waals surface area contributed by atoms with E-state index in [0.717, 1.165) is 11.1 Å². The van der Waals surface area contributed by atoms with Crippen LogP contribution in [-0.4, -0.2) is 39.9 Å². The van der Waals surface area contributed by atoms with Crippen LogP contribution < -0.4 is 11.1 Å². The second-order valence-corrected chi connectivity index (χ2v) is 5.98. The van der Waals surface area contributed by atoms with Gasteiger partial charge in [-0.1, -0.05) is 6.07 Å². The highest BCUT2D eigenvalue weighted by Crippen LogP contribution is 2.26. The second-order valence-electron chi connectivity index (χ2n) is 5.98. The minimum atomic E-state index is -0.0875. The smallest absolute Gasteiger partial charge is 0.253 e. The SMILES string of the molecule is CC(Nc1nc(N)nc2cc(C(=O)N(C)C)ccc12)c1ccccn1. The van der Waals surface area contributed by atoms with Crippen LogP contribution >= 0.6 is 0 Å². The number of nitrogens with two attached hydrogens (primary N) is 1. The van der Waals surface area contributed by atoms with Crippen LogP contribution in [0.25, 0.3) is 10.9 Å². The van der Waals surface area contributed by atoms with Gasteiger partial charge in [0.15, 0.2) is 0 Å². The van der Waals surface area contributed by atoms with Crippen molar-refractivity contribution in [2.24, 2.45) is 0 Å². The molecule has 1 aromatic carbocycles. The quantitative estimate of drug-likeness (QED) is 0.760. The lowest BCUT2D eigenvalue weighted by Gasteiger charge is -2.16. The molecule has 1 atom stereocenters. The van der Waals surface area contributed by atoms with Gasteiger partial charge in [-0.2, -0.15) is 4.98 Å². The van der Waals surface area contributed by atoms with Crippen LogP contribution in [0, 0.1) is 0 Å². The van der Waals surface area contributed by atoms with Gasteiger partial charge in [-0.05, 0) is 37.3 Å². The van der Waals surface area contributed by atoms with Crippen molar-refractivity contribution in [3.8, 4) is 0 Å². The van der Waals surface area contributed by atoms with Crippen molar-refractivity contribution >= 4 is 28.6 Å². The Bertz CT molecular complexity index is 910. The Labute approximate surface area is 145 Å². The van der Waals surface area contributed by atoms with E-state index >= 15 is 0 Å². The standard InChI is InChI=1S/C18H20N6O/c1-11(14-6-4-5-9-20-14)21-16-13-8-7-12(17(25)24(2)3)10-15(13)22-18(19)23-16/h4-11H,1-3H3,(H3,19,21,22,23). The highest BCUT2D eigenvalue weighted by molar-refractivity contribution is 5.99. The predicted molar refractivity (Wildman–Crippen MR) is 98.2 cm³/mol. The number of nitrogen functional groups attached to an aromatic ring is 1. The number of benzene rings is 1. The summed E-state index contributed by atoms with van der Waals surface area (Å²) in [5.41, 5.74) is 7.92. The molecule has 3 aromatic rings. The summed E-state index contributed by atoms with van der Waals surface area (Å²) < 4.78 is 0. The molecule has 1 amide bonds. The Kier molecular flexibility index (Phi) is 4.47. The Morgan fingerprint density at radius 2 is 2.00 bits per heavy atom. The molecule has 25 heavy (non-hydrogen) atoms. The Morgan fingerprint density at radius 1 is 1.20 bits per heavy atom. The molecule has 0 aliphatic rings. The molecule has 3 rings (SSSR count). The van der Waals surface area contributed by atoms with Crippen LogP contribution in [0.1, 0.15) is 29.0 Å². The summed E-state index contributed by atoms with van der Waals surface area (Å²) in [7, 11) is 3.42. The first-order valence-corrected chi connectivity index (χ1v) is 7.92. The normalized spacial score (nSPS) is 12.0. The number of carbonyl (C=O) groups is 1.